The molecule has 8 heteroatoms. The van der Waals surface area contributed by atoms with Crippen molar-refractivity contribution in [3.8, 4) is 23.0 Å². The minimum atomic E-state index is -1.12. The molecule has 4 aromatic carbocycles. The van der Waals surface area contributed by atoms with Gasteiger partial charge in [-0.05, 0) is 112 Å². The Kier molecular flexibility index (Phi) is 10.8. The van der Waals surface area contributed by atoms with Crippen molar-refractivity contribution in [3.05, 3.63) is 118 Å². The van der Waals surface area contributed by atoms with Gasteiger partial charge < -0.3 is 24.8 Å². The highest BCUT2D eigenvalue weighted by Crippen LogP contribution is 2.23. The Hall–Kier alpha value is -4.75. The van der Waals surface area contributed by atoms with Crippen molar-refractivity contribution in [3.63, 3.8) is 0 Å². The molecule has 3 N–H and O–H groups in total. The average molecular weight is 589 g/mol. The van der Waals surface area contributed by atoms with E-state index in [1.165, 1.54) is 6.07 Å². The monoisotopic (exact) mass is 588 g/mol. The lowest BCUT2D eigenvalue weighted by molar-refractivity contribution is -0.163. The number of ether oxygens (including phenoxy) is 2. The van der Waals surface area contributed by atoms with Gasteiger partial charge in [-0.25, -0.2) is 4.79 Å². The zero-order valence-electron chi connectivity index (χ0n) is 23.7. The fourth-order valence-corrected chi connectivity index (χ4v) is 3.75. The summed E-state index contributed by atoms with van der Waals surface area (Å²) in [6.45, 7) is 6.85. The van der Waals surface area contributed by atoms with Crippen LogP contribution in [0.1, 0.15) is 54.7 Å². The molecule has 0 heterocycles. The van der Waals surface area contributed by atoms with E-state index in [-0.39, 0.29) is 29.1 Å². The maximum absolute atomic E-state index is 12.4. The first kappa shape index (κ1) is 31.8. The number of hydrogen-bond donors (Lipinski definition) is 3. The van der Waals surface area contributed by atoms with E-state index in [0.717, 1.165) is 5.56 Å². The number of benzene rings is 4. The summed E-state index contributed by atoms with van der Waals surface area (Å²) in [5, 5.41) is 28.3. The number of phenolic OH excluding ortho intramolecular Hbond substituents is 3. The van der Waals surface area contributed by atoms with Gasteiger partial charge in [-0.15, -0.1) is 0 Å². The summed E-state index contributed by atoms with van der Waals surface area (Å²) in [5.41, 5.74) is 1.59. The van der Waals surface area contributed by atoms with E-state index >= 15 is 0 Å². The minimum Gasteiger partial charge on any atom is -0.508 e. The SMILES string of the molecule is CC(C)OC(=O)C(C)(C)Oc1ccc(C(=O)c2ccc(Cl)cc2)cc1.Oc1ccc(C=Cc2cc(O)cc(O)c2)cc1. The van der Waals surface area contributed by atoms with Gasteiger partial charge in [0.1, 0.15) is 23.0 Å². The molecule has 7 nitrogen and oxygen atoms in total. The summed E-state index contributed by atoms with van der Waals surface area (Å²) in [6.07, 6.45) is 3.38. The van der Waals surface area contributed by atoms with E-state index in [0.29, 0.717) is 27.5 Å². The average Bonchev–Trinajstić information content (AvgIpc) is 2.92. The molecule has 4 aromatic rings. The number of esters is 1. The largest absolute Gasteiger partial charge is 0.508 e. The van der Waals surface area contributed by atoms with Crippen molar-refractivity contribution in [2.75, 3.05) is 0 Å². The van der Waals surface area contributed by atoms with Gasteiger partial charge in [-0.3, -0.25) is 4.79 Å². The summed E-state index contributed by atoms with van der Waals surface area (Å²) in [6, 6.07) is 24.5. The van der Waals surface area contributed by atoms with Crippen molar-refractivity contribution in [1.82, 2.24) is 0 Å². The Bertz CT molecular complexity index is 1500. The standard InChI is InChI=1S/C20H21ClO4.C14H12O3/c1-13(2)24-19(23)20(3,4)25-17-11-7-15(8-12-17)18(22)14-5-9-16(21)10-6-14;15-12-5-3-10(4-6-12)1-2-11-7-13(16)9-14(17)8-11/h5-13H,1-4H3;1-9,15-17H. The third kappa shape index (κ3) is 9.71. The number of rotatable bonds is 8. The third-order valence-electron chi connectivity index (χ3n) is 5.72. The predicted molar refractivity (Wildman–Crippen MR) is 164 cm³/mol. The summed E-state index contributed by atoms with van der Waals surface area (Å²) in [5.74, 6) is 0.201. The van der Waals surface area contributed by atoms with Crippen molar-refractivity contribution >= 4 is 35.5 Å². The minimum absolute atomic E-state index is 0.0235. The molecule has 0 fully saturated rings. The summed E-state index contributed by atoms with van der Waals surface area (Å²) >= 11 is 5.84. The molecule has 0 bridgehead atoms. The molecule has 0 saturated heterocycles. The molecule has 218 valence electrons. The van der Waals surface area contributed by atoms with E-state index < -0.39 is 11.6 Å². The predicted octanol–water partition coefficient (Wildman–Crippen LogP) is 7.65. The second kappa shape index (κ2) is 14.2. The summed E-state index contributed by atoms with van der Waals surface area (Å²) < 4.78 is 10.9. The smallest absolute Gasteiger partial charge is 0.350 e. The van der Waals surface area contributed by atoms with Gasteiger partial charge in [0, 0.05) is 22.2 Å². The summed E-state index contributed by atoms with van der Waals surface area (Å²) in [4.78, 5) is 24.5. The van der Waals surface area contributed by atoms with Gasteiger partial charge in [0.15, 0.2) is 11.4 Å². The number of halogens is 1. The number of carbonyl (C=O) groups is 2. The second-order valence-corrected chi connectivity index (χ2v) is 10.6. The van der Waals surface area contributed by atoms with Crippen LogP contribution in [-0.2, 0) is 9.53 Å². The van der Waals surface area contributed by atoms with Crippen LogP contribution in [0.5, 0.6) is 23.0 Å². The molecule has 0 aliphatic heterocycles. The Morgan fingerprint density at radius 1 is 0.714 bits per heavy atom. The normalized spacial score (nSPS) is 11.1. The van der Waals surface area contributed by atoms with Crippen LogP contribution in [0.2, 0.25) is 5.02 Å². The maximum atomic E-state index is 12.4. The van der Waals surface area contributed by atoms with Crippen LogP contribution in [0.3, 0.4) is 0 Å². The molecular formula is C34H33ClO7. The topological polar surface area (TPSA) is 113 Å². The van der Waals surface area contributed by atoms with Crippen LogP contribution in [-0.4, -0.2) is 38.8 Å². The number of aromatic hydroxyl groups is 3. The fourth-order valence-electron chi connectivity index (χ4n) is 3.63. The van der Waals surface area contributed by atoms with Crippen LogP contribution in [0.15, 0.2) is 91.0 Å². The van der Waals surface area contributed by atoms with Gasteiger partial charge in [-0.1, -0.05) is 35.9 Å². The third-order valence-corrected chi connectivity index (χ3v) is 5.97. The maximum Gasteiger partial charge on any atom is 0.350 e. The highest BCUT2D eigenvalue weighted by atomic mass is 35.5. The molecule has 0 spiro atoms. The number of carbonyl (C=O) groups excluding carboxylic acids is 2. The number of ketones is 1. The molecule has 4 rings (SSSR count). The van der Waals surface area contributed by atoms with Gasteiger partial charge >= 0.3 is 5.97 Å². The molecule has 0 unspecified atom stereocenters. The number of phenols is 3. The van der Waals surface area contributed by atoms with Gasteiger partial charge in [0.25, 0.3) is 0 Å². The van der Waals surface area contributed by atoms with E-state index in [1.807, 2.05) is 6.08 Å². The fraction of sp³-hybridized carbons (Fsp3) is 0.176. The lowest BCUT2D eigenvalue weighted by Gasteiger charge is -2.25. The molecular weight excluding hydrogens is 556 g/mol. The zero-order chi connectivity index (χ0) is 30.9. The molecule has 0 aliphatic rings. The zero-order valence-corrected chi connectivity index (χ0v) is 24.5. The van der Waals surface area contributed by atoms with E-state index in [4.69, 9.17) is 26.2 Å². The summed E-state index contributed by atoms with van der Waals surface area (Å²) in [7, 11) is 0. The Morgan fingerprint density at radius 3 is 1.74 bits per heavy atom. The van der Waals surface area contributed by atoms with Crippen molar-refractivity contribution < 1.29 is 34.4 Å². The van der Waals surface area contributed by atoms with Crippen LogP contribution >= 0.6 is 11.6 Å². The molecule has 0 amide bonds. The first-order chi connectivity index (χ1) is 19.8. The molecule has 0 aromatic heterocycles. The van der Waals surface area contributed by atoms with E-state index in [2.05, 4.69) is 0 Å². The Balaban J connectivity index is 0.000000247. The molecule has 0 saturated carbocycles. The van der Waals surface area contributed by atoms with E-state index in [9.17, 15) is 19.8 Å². The second-order valence-electron chi connectivity index (χ2n) is 10.1. The van der Waals surface area contributed by atoms with Crippen molar-refractivity contribution in [1.29, 1.82) is 0 Å². The highest BCUT2D eigenvalue weighted by molar-refractivity contribution is 6.30. The lowest BCUT2D eigenvalue weighted by Crippen LogP contribution is -2.40. The van der Waals surface area contributed by atoms with Crippen LogP contribution in [0.4, 0.5) is 0 Å². The Labute approximate surface area is 250 Å². The lowest BCUT2D eigenvalue weighted by atomic mass is 10.0. The first-order valence-electron chi connectivity index (χ1n) is 13.1. The highest BCUT2D eigenvalue weighted by Gasteiger charge is 2.32. The van der Waals surface area contributed by atoms with Gasteiger partial charge in [0.2, 0.25) is 0 Å². The molecule has 42 heavy (non-hydrogen) atoms. The molecule has 0 atom stereocenters. The van der Waals surface area contributed by atoms with Crippen molar-refractivity contribution in [2.24, 2.45) is 0 Å². The molecule has 0 aliphatic carbocycles. The Morgan fingerprint density at radius 2 is 1.21 bits per heavy atom. The van der Waals surface area contributed by atoms with Crippen LogP contribution < -0.4 is 4.74 Å². The van der Waals surface area contributed by atoms with Crippen LogP contribution in [0, 0.1) is 0 Å². The van der Waals surface area contributed by atoms with E-state index in [1.54, 1.807) is 119 Å². The molecule has 0 radical (unpaired) electrons. The van der Waals surface area contributed by atoms with Crippen molar-refractivity contribution in [2.45, 2.75) is 39.4 Å². The first-order valence-corrected chi connectivity index (χ1v) is 13.5. The van der Waals surface area contributed by atoms with Gasteiger partial charge in [0.05, 0.1) is 6.10 Å². The van der Waals surface area contributed by atoms with Crippen LogP contribution in [0.25, 0.3) is 12.2 Å². The quantitative estimate of drug-likeness (QED) is 0.110. The van der Waals surface area contributed by atoms with Gasteiger partial charge in [-0.2, -0.15) is 0 Å². The number of hydrogen-bond acceptors (Lipinski definition) is 7.